The van der Waals surface area contributed by atoms with Crippen molar-refractivity contribution in [1.82, 2.24) is 0 Å². The van der Waals surface area contributed by atoms with Crippen LogP contribution in [-0.4, -0.2) is 5.91 Å². The van der Waals surface area contributed by atoms with Crippen LogP contribution in [0.25, 0.3) is 11.1 Å². The number of hydrogen-bond donors (Lipinski definition) is 1. The molecule has 0 saturated heterocycles. The predicted octanol–water partition coefficient (Wildman–Crippen LogP) is 5.27. The summed E-state index contributed by atoms with van der Waals surface area (Å²) in [6, 6.07) is 24.2. The molecule has 2 aliphatic carbocycles. The van der Waals surface area contributed by atoms with Gasteiger partial charge in [0.05, 0.1) is 5.92 Å². The highest BCUT2D eigenvalue weighted by atomic mass is 35.5. The van der Waals surface area contributed by atoms with E-state index in [0.29, 0.717) is 5.02 Å². The molecule has 5 rings (SSSR count). The maximum atomic E-state index is 12.9. The molecular weight excluding hydrogens is 330 g/mol. The van der Waals surface area contributed by atoms with Gasteiger partial charge in [0.15, 0.2) is 0 Å². The van der Waals surface area contributed by atoms with E-state index in [9.17, 15) is 4.79 Å². The molecule has 3 aromatic rings. The van der Waals surface area contributed by atoms with Crippen molar-refractivity contribution in [3.8, 4) is 11.1 Å². The Morgan fingerprint density at radius 3 is 2.20 bits per heavy atom. The van der Waals surface area contributed by atoms with Gasteiger partial charge in [-0.25, -0.2) is 0 Å². The van der Waals surface area contributed by atoms with Gasteiger partial charge in [-0.1, -0.05) is 66.2 Å². The number of benzene rings is 3. The standard InChI is InChI=1S/C22H16ClNO/c23-14-6-5-7-15(12-14)24-21(25)20-13-22(20)18-10-3-1-8-16(18)17-9-2-4-11-19(17)22/h1-12,20H,13H2,(H,24,25). The minimum Gasteiger partial charge on any atom is -0.326 e. The average molecular weight is 346 g/mol. The Labute approximate surface area is 151 Å². The molecule has 1 N–H and O–H groups in total. The molecule has 1 amide bonds. The summed E-state index contributed by atoms with van der Waals surface area (Å²) < 4.78 is 0. The van der Waals surface area contributed by atoms with Gasteiger partial charge < -0.3 is 5.32 Å². The van der Waals surface area contributed by atoms with Gasteiger partial charge in [-0.15, -0.1) is 0 Å². The van der Waals surface area contributed by atoms with E-state index < -0.39 is 0 Å². The maximum absolute atomic E-state index is 12.9. The summed E-state index contributed by atoms with van der Waals surface area (Å²) >= 11 is 6.03. The molecule has 2 nitrogen and oxygen atoms in total. The first kappa shape index (κ1) is 14.7. The van der Waals surface area contributed by atoms with Gasteiger partial charge >= 0.3 is 0 Å². The smallest absolute Gasteiger partial charge is 0.228 e. The molecule has 122 valence electrons. The highest BCUT2D eigenvalue weighted by molar-refractivity contribution is 6.30. The second-order valence-corrected chi connectivity index (χ2v) is 7.26. The Morgan fingerprint density at radius 2 is 1.56 bits per heavy atom. The summed E-state index contributed by atoms with van der Waals surface area (Å²) in [5, 5.41) is 3.66. The molecule has 0 aliphatic heterocycles. The summed E-state index contributed by atoms with van der Waals surface area (Å²) in [5.74, 6) is 0.0186. The topological polar surface area (TPSA) is 29.1 Å². The maximum Gasteiger partial charge on any atom is 0.228 e. The van der Waals surface area contributed by atoms with Crippen LogP contribution in [0.15, 0.2) is 72.8 Å². The lowest BCUT2D eigenvalue weighted by Crippen LogP contribution is -2.20. The lowest BCUT2D eigenvalue weighted by molar-refractivity contribution is -0.117. The zero-order chi connectivity index (χ0) is 17.0. The van der Waals surface area contributed by atoms with Gasteiger partial charge in [0.2, 0.25) is 5.91 Å². The van der Waals surface area contributed by atoms with Gasteiger partial charge in [0.25, 0.3) is 0 Å². The minimum atomic E-state index is -0.171. The van der Waals surface area contributed by atoms with E-state index in [0.717, 1.165) is 12.1 Å². The number of amides is 1. The molecule has 2 aliphatic rings. The zero-order valence-electron chi connectivity index (χ0n) is 13.5. The molecule has 1 unspecified atom stereocenters. The number of carbonyl (C=O) groups excluding carboxylic acids is 1. The van der Waals surface area contributed by atoms with Gasteiger partial charge in [-0.2, -0.15) is 0 Å². The first-order valence-corrected chi connectivity index (χ1v) is 8.84. The SMILES string of the molecule is O=C(Nc1cccc(Cl)c1)C1CC12c1ccccc1-c1ccccc12. The Kier molecular flexibility index (Phi) is 3.07. The van der Waals surface area contributed by atoms with Gasteiger partial charge in [-0.05, 0) is 46.9 Å². The van der Waals surface area contributed by atoms with E-state index in [-0.39, 0.29) is 17.2 Å². The Hall–Kier alpha value is -2.58. The minimum absolute atomic E-state index is 0.0451. The van der Waals surface area contributed by atoms with Crippen LogP contribution in [0.4, 0.5) is 5.69 Å². The lowest BCUT2D eigenvalue weighted by Gasteiger charge is -2.14. The third-order valence-electron chi connectivity index (χ3n) is 5.48. The molecule has 0 heterocycles. The first-order chi connectivity index (χ1) is 12.2. The third-order valence-corrected chi connectivity index (χ3v) is 5.71. The fraction of sp³-hybridized carbons (Fsp3) is 0.136. The highest BCUT2D eigenvalue weighted by Crippen LogP contribution is 2.66. The monoisotopic (exact) mass is 345 g/mol. The molecule has 1 spiro atoms. The van der Waals surface area contributed by atoms with E-state index in [2.05, 4.69) is 53.8 Å². The number of nitrogens with one attached hydrogen (secondary N) is 1. The Morgan fingerprint density at radius 1 is 0.920 bits per heavy atom. The van der Waals surface area contributed by atoms with Crippen LogP contribution in [0.3, 0.4) is 0 Å². The van der Waals surface area contributed by atoms with Crippen molar-refractivity contribution in [2.75, 3.05) is 5.32 Å². The van der Waals surface area contributed by atoms with Crippen molar-refractivity contribution in [3.63, 3.8) is 0 Å². The van der Waals surface area contributed by atoms with Crippen molar-refractivity contribution >= 4 is 23.2 Å². The molecule has 0 radical (unpaired) electrons. The summed E-state index contributed by atoms with van der Waals surface area (Å²) in [5.41, 5.74) is 5.66. The van der Waals surface area contributed by atoms with Crippen molar-refractivity contribution in [2.45, 2.75) is 11.8 Å². The van der Waals surface area contributed by atoms with Crippen molar-refractivity contribution in [2.24, 2.45) is 5.92 Å². The fourth-order valence-corrected chi connectivity index (χ4v) is 4.52. The second-order valence-electron chi connectivity index (χ2n) is 6.82. The number of rotatable bonds is 2. The van der Waals surface area contributed by atoms with Crippen LogP contribution in [0.2, 0.25) is 5.02 Å². The Bertz CT molecular complexity index is 965. The normalized spacial score (nSPS) is 18.5. The number of hydrogen-bond acceptors (Lipinski definition) is 1. The highest BCUT2D eigenvalue weighted by Gasteiger charge is 2.63. The molecule has 3 aromatic carbocycles. The summed E-state index contributed by atoms with van der Waals surface area (Å²) in [4.78, 5) is 12.9. The number of halogens is 1. The summed E-state index contributed by atoms with van der Waals surface area (Å²) in [7, 11) is 0. The zero-order valence-corrected chi connectivity index (χ0v) is 14.3. The van der Waals surface area contributed by atoms with E-state index >= 15 is 0 Å². The summed E-state index contributed by atoms with van der Waals surface area (Å²) in [6.07, 6.45) is 0.855. The molecule has 1 saturated carbocycles. The van der Waals surface area contributed by atoms with Gasteiger partial charge in [-0.3, -0.25) is 4.79 Å². The van der Waals surface area contributed by atoms with E-state index in [1.807, 2.05) is 12.1 Å². The van der Waals surface area contributed by atoms with E-state index in [4.69, 9.17) is 11.6 Å². The van der Waals surface area contributed by atoms with Crippen LogP contribution in [0.1, 0.15) is 17.5 Å². The van der Waals surface area contributed by atoms with Crippen molar-refractivity contribution in [1.29, 1.82) is 0 Å². The summed E-state index contributed by atoms with van der Waals surface area (Å²) in [6.45, 7) is 0. The van der Waals surface area contributed by atoms with Gasteiger partial charge in [0, 0.05) is 16.1 Å². The second kappa shape index (κ2) is 5.21. The molecule has 3 heteroatoms. The van der Waals surface area contributed by atoms with Crippen LogP contribution in [0.5, 0.6) is 0 Å². The van der Waals surface area contributed by atoms with Crippen LogP contribution in [0, 0.1) is 5.92 Å². The van der Waals surface area contributed by atoms with E-state index in [1.165, 1.54) is 22.3 Å². The van der Waals surface area contributed by atoms with Crippen LogP contribution < -0.4 is 5.32 Å². The third kappa shape index (κ3) is 2.07. The van der Waals surface area contributed by atoms with E-state index in [1.54, 1.807) is 12.1 Å². The number of carbonyl (C=O) groups is 1. The molecule has 0 bridgehead atoms. The van der Waals surface area contributed by atoms with Crippen LogP contribution >= 0.6 is 11.6 Å². The van der Waals surface area contributed by atoms with Crippen LogP contribution in [-0.2, 0) is 10.2 Å². The molecular formula is C22H16ClNO. The largest absolute Gasteiger partial charge is 0.326 e. The molecule has 0 aromatic heterocycles. The predicted molar refractivity (Wildman–Crippen MR) is 101 cm³/mol. The Balaban J connectivity index is 1.53. The first-order valence-electron chi connectivity index (χ1n) is 8.46. The molecule has 25 heavy (non-hydrogen) atoms. The van der Waals surface area contributed by atoms with Gasteiger partial charge in [0.1, 0.15) is 0 Å². The lowest BCUT2D eigenvalue weighted by atomic mass is 9.90. The average Bonchev–Trinajstić information content (AvgIpc) is 3.32. The number of anilines is 1. The number of fused-ring (bicyclic) bond motifs is 5. The quantitative estimate of drug-likeness (QED) is 0.674. The van der Waals surface area contributed by atoms with Crippen molar-refractivity contribution < 1.29 is 4.79 Å². The fourth-order valence-electron chi connectivity index (χ4n) is 4.33. The van der Waals surface area contributed by atoms with Crippen molar-refractivity contribution in [3.05, 3.63) is 88.9 Å². The molecule has 1 fully saturated rings. The molecule has 1 atom stereocenters.